The van der Waals surface area contributed by atoms with Crippen molar-refractivity contribution in [2.45, 2.75) is 84.4 Å². The van der Waals surface area contributed by atoms with Crippen LogP contribution in [-0.2, 0) is 4.74 Å². The fourth-order valence-corrected chi connectivity index (χ4v) is 4.06. The van der Waals surface area contributed by atoms with Crippen LogP contribution in [0.4, 0.5) is 0 Å². The van der Waals surface area contributed by atoms with Crippen molar-refractivity contribution in [1.82, 2.24) is 10.2 Å². The van der Waals surface area contributed by atoms with Crippen LogP contribution in [0.3, 0.4) is 0 Å². The second-order valence-electron chi connectivity index (χ2n) is 8.09. The molecule has 3 heteroatoms. The first kappa shape index (κ1) is 18.2. The number of nitrogens with zero attached hydrogens (tertiary/aromatic N) is 1. The van der Waals surface area contributed by atoms with Gasteiger partial charge in [-0.3, -0.25) is 0 Å². The number of hydrogen-bond acceptors (Lipinski definition) is 3. The molecule has 130 valence electrons. The first-order valence-electron chi connectivity index (χ1n) is 9.64. The van der Waals surface area contributed by atoms with Crippen molar-refractivity contribution < 1.29 is 4.74 Å². The highest BCUT2D eigenvalue weighted by Crippen LogP contribution is 2.25. The first-order valence-corrected chi connectivity index (χ1v) is 9.64. The minimum Gasteiger partial charge on any atom is -0.377 e. The van der Waals surface area contributed by atoms with Gasteiger partial charge in [-0.05, 0) is 63.5 Å². The lowest BCUT2D eigenvalue weighted by Crippen LogP contribution is -2.40. The molecule has 0 atom stereocenters. The van der Waals surface area contributed by atoms with Gasteiger partial charge in [-0.1, -0.05) is 27.7 Å². The number of nitrogens with one attached hydrogen (secondary N) is 1. The molecule has 0 aromatic heterocycles. The molecule has 1 N–H and O–H groups in total. The Hall–Kier alpha value is -0.120. The summed E-state index contributed by atoms with van der Waals surface area (Å²) in [5, 5.41) is 3.66. The molecule has 0 aromatic rings. The van der Waals surface area contributed by atoms with E-state index in [1.807, 2.05) is 0 Å². The van der Waals surface area contributed by atoms with Crippen molar-refractivity contribution in [3.63, 3.8) is 0 Å². The van der Waals surface area contributed by atoms with Gasteiger partial charge in [-0.2, -0.15) is 0 Å². The number of piperidine rings is 1. The predicted octanol–water partition coefficient (Wildman–Crippen LogP) is 3.68. The summed E-state index contributed by atoms with van der Waals surface area (Å²) in [4.78, 5) is 2.60. The maximum atomic E-state index is 6.14. The molecule has 0 spiro atoms. The van der Waals surface area contributed by atoms with Crippen LogP contribution in [0.15, 0.2) is 0 Å². The molecule has 0 amide bonds. The Bertz CT molecular complexity index is 290. The predicted molar refractivity (Wildman–Crippen MR) is 94.3 cm³/mol. The van der Waals surface area contributed by atoms with Crippen LogP contribution in [0.2, 0.25) is 0 Å². The smallest absolute Gasteiger partial charge is 0.0597 e. The van der Waals surface area contributed by atoms with Gasteiger partial charge in [-0.15, -0.1) is 0 Å². The fraction of sp³-hybridized carbons (Fsp3) is 1.00. The highest BCUT2D eigenvalue weighted by Gasteiger charge is 2.23. The molecule has 1 saturated carbocycles. The van der Waals surface area contributed by atoms with Crippen molar-refractivity contribution in [3.8, 4) is 0 Å². The van der Waals surface area contributed by atoms with Crippen LogP contribution >= 0.6 is 0 Å². The van der Waals surface area contributed by atoms with Crippen LogP contribution in [-0.4, -0.2) is 49.3 Å². The van der Waals surface area contributed by atoms with Crippen LogP contribution in [0, 0.1) is 11.8 Å². The Morgan fingerprint density at radius 2 is 1.59 bits per heavy atom. The van der Waals surface area contributed by atoms with E-state index in [1.54, 1.807) is 0 Å². The van der Waals surface area contributed by atoms with Crippen LogP contribution < -0.4 is 5.32 Å². The van der Waals surface area contributed by atoms with E-state index in [0.29, 0.717) is 12.1 Å². The number of rotatable bonds is 7. The molecule has 1 aliphatic heterocycles. The minimum atomic E-state index is 0.512. The normalized spacial score (nSPS) is 28.6. The molecule has 2 rings (SSSR count). The van der Waals surface area contributed by atoms with Crippen molar-refractivity contribution in [2.75, 3.05) is 26.2 Å². The standard InChI is InChI=1S/C19H38N2O/c1-15(2)17-9-11-21(12-10-17)13-14-22-19-7-5-18(6-8-19)20-16(3)4/h15-20H,5-14H2,1-4H3. The minimum absolute atomic E-state index is 0.512. The van der Waals surface area contributed by atoms with E-state index in [-0.39, 0.29) is 0 Å². The lowest BCUT2D eigenvalue weighted by molar-refractivity contribution is 0.00575. The molecule has 2 fully saturated rings. The van der Waals surface area contributed by atoms with Gasteiger partial charge in [0, 0.05) is 18.6 Å². The summed E-state index contributed by atoms with van der Waals surface area (Å²) in [6, 6.07) is 1.33. The van der Waals surface area contributed by atoms with Crippen molar-refractivity contribution >= 4 is 0 Å². The number of likely N-dealkylation sites (tertiary alicyclic amines) is 1. The molecule has 22 heavy (non-hydrogen) atoms. The van der Waals surface area contributed by atoms with Gasteiger partial charge in [-0.25, -0.2) is 0 Å². The van der Waals surface area contributed by atoms with E-state index >= 15 is 0 Å². The molecule has 0 unspecified atom stereocenters. The Morgan fingerprint density at radius 1 is 0.955 bits per heavy atom. The Balaban J connectivity index is 1.53. The van der Waals surface area contributed by atoms with Gasteiger partial charge >= 0.3 is 0 Å². The summed E-state index contributed by atoms with van der Waals surface area (Å²) in [6.45, 7) is 13.8. The van der Waals surface area contributed by atoms with Crippen molar-refractivity contribution in [2.24, 2.45) is 11.8 Å². The van der Waals surface area contributed by atoms with E-state index in [1.165, 1.54) is 51.6 Å². The van der Waals surface area contributed by atoms with Crippen LogP contribution in [0.1, 0.15) is 66.2 Å². The van der Waals surface area contributed by atoms with Crippen LogP contribution in [0.25, 0.3) is 0 Å². The Morgan fingerprint density at radius 3 is 2.14 bits per heavy atom. The van der Waals surface area contributed by atoms with Gasteiger partial charge in [0.2, 0.25) is 0 Å². The molecule has 1 aliphatic carbocycles. The first-order chi connectivity index (χ1) is 10.5. The zero-order chi connectivity index (χ0) is 15.9. The monoisotopic (exact) mass is 310 g/mol. The third-order valence-corrected chi connectivity index (χ3v) is 5.58. The molecule has 1 heterocycles. The molecule has 1 saturated heterocycles. The molecule has 0 radical (unpaired) electrons. The maximum absolute atomic E-state index is 6.14. The van der Waals surface area contributed by atoms with Crippen molar-refractivity contribution in [1.29, 1.82) is 0 Å². The molecule has 0 aromatic carbocycles. The summed E-state index contributed by atoms with van der Waals surface area (Å²) in [7, 11) is 0. The SMILES string of the molecule is CC(C)NC1CCC(OCCN2CCC(C(C)C)CC2)CC1. The maximum Gasteiger partial charge on any atom is 0.0597 e. The molecular formula is C19H38N2O. The highest BCUT2D eigenvalue weighted by molar-refractivity contribution is 4.79. The average Bonchev–Trinajstić information content (AvgIpc) is 2.49. The zero-order valence-corrected chi connectivity index (χ0v) is 15.3. The second kappa shape index (κ2) is 9.24. The summed E-state index contributed by atoms with van der Waals surface area (Å²) >= 11 is 0. The van der Waals surface area contributed by atoms with Gasteiger partial charge in [0.05, 0.1) is 12.7 Å². The van der Waals surface area contributed by atoms with Crippen LogP contribution in [0.5, 0.6) is 0 Å². The lowest BCUT2D eigenvalue weighted by Gasteiger charge is -2.34. The summed E-state index contributed by atoms with van der Waals surface area (Å²) in [5.74, 6) is 1.80. The largest absolute Gasteiger partial charge is 0.377 e. The van der Waals surface area contributed by atoms with Gasteiger partial charge in [0.1, 0.15) is 0 Å². The number of ether oxygens (including phenoxy) is 1. The third-order valence-electron chi connectivity index (χ3n) is 5.58. The summed E-state index contributed by atoms with van der Waals surface area (Å²) in [5.41, 5.74) is 0. The van der Waals surface area contributed by atoms with Gasteiger partial charge in [0.15, 0.2) is 0 Å². The number of hydrogen-bond donors (Lipinski definition) is 1. The van der Waals surface area contributed by atoms with E-state index < -0.39 is 0 Å². The highest BCUT2D eigenvalue weighted by atomic mass is 16.5. The second-order valence-corrected chi connectivity index (χ2v) is 8.09. The van der Waals surface area contributed by atoms with Gasteiger partial charge in [0.25, 0.3) is 0 Å². The Labute approximate surface area is 138 Å². The van der Waals surface area contributed by atoms with Crippen molar-refractivity contribution in [3.05, 3.63) is 0 Å². The topological polar surface area (TPSA) is 24.5 Å². The molecule has 2 aliphatic rings. The molecule has 3 nitrogen and oxygen atoms in total. The summed E-state index contributed by atoms with van der Waals surface area (Å²) in [6.07, 6.45) is 8.30. The zero-order valence-electron chi connectivity index (χ0n) is 15.3. The fourth-order valence-electron chi connectivity index (χ4n) is 4.06. The average molecular weight is 311 g/mol. The third kappa shape index (κ3) is 6.17. The summed E-state index contributed by atoms with van der Waals surface area (Å²) < 4.78 is 6.14. The van der Waals surface area contributed by atoms with E-state index in [9.17, 15) is 0 Å². The Kier molecular flexibility index (Phi) is 7.66. The van der Waals surface area contributed by atoms with Gasteiger partial charge < -0.3 is 15.0 Å². The lowest BCUT2D eigenvalue weighted by atomic mass is 9.87. The van der Waals surface area contributed by atoms with E-state index in [2.05, 4.69) is 37.9 Å². The molecular weight excluding hydrogens is 272 g/mol. The van der Waals surface area contributed by atoms with E-state index in [4.69, 9.17) is 4.74 Å². The molecule has 0 bridgehead atoms. The quantitative estimate of drug-likeness (QED) is 0.776. The van der Waals surface area contributed by atoms with E-state index in [0.717, 1.165) is 31.0 Å².